The summed E-state index contributed by atoms with van der Waals surface area (Å²) in [7, 11) is 0. The van der Waals surface area contributed by atoms with Gasteiger partial charge in [0.25, 0.3) is 0 Å². The van der Waals surface area contributed by atoms with E-state index in [-0.39, 0.29) is 5.41 Å². The summed E-state index contributed by atoms with van der Waals surface area (Å²) in [6, 6.07) is 10.7. The van der Waals surface area contributed by atoms with E-state index in [2.05, 4.69) is 66.2 Å². The number of hydrogen-bond donors (Lipinski definition) is 0. The van der Waals surface area contributed by atoms with Crippen LogP contribution < -0.4 is 0 Å². The molecule has 1 aliphatic heterocycles. The van der Waals surface area contributed by atoms with Gasteiger partial charge < -0.3 is 4.42 Å². The molecule has 0 spiro atoms. The summed E-state index contributed by atoms with van der Waals surface area (Å²) in [5.74, 6) is 2.07. The Bertz CT molecular complexity index is 586. The van der Waals surface area contributed by atoms with Crippen LogP contribution in [0.25, 0.3) is 0 Å². The fourth-order valence-corrected chi connectivity index (χ4v) is 2.79. The van der Waals surface area contributed by atoms with Crippen LogP contribution in [0.15, 0.2) is 34.7 Å². The lowest BCUT2D eigenvalue weighted by atomic mass is 9.97. The number of benzene rings is 1. The van der Waals surface area contributed by atoms with Gasteiger partial charge in [-0.05, 0) is 24.4 Å². The van der Waals surface area contributed by atoms with E-state index in [0.717, 1.165) is 31.4 Å². The van der Waals surface area contributed by atoms with E-state index in [0.29, 0.717) is 5.92 Å². The molecule has 0 radical (unpaired) electrons. The zero-order valence-electron chi connectivity index (χ0n) is 13.0. The second kappa shape index (κ2) is 5.60. The van der Waals surface area contributed by atoms with Crippen LogP contribution in [0, 0.1) is 0 Å². The average Bonchev–Trinajstić information content (AvgIpc) is 3.09. The van der Waals surface area contributed by atoms with Crippen LogP contribution in [0.1, 0.15) is 50.5 Å². The molecule has 1 aromatic carbocycles. The molecule has 1 fully saturated rings. The molecule has 2 heterocycles. The quantitative estimate of drug-likeness (QED) is 0.867. The molecule has 112 valence electrons. The van der Waals surface area contributed by atoms with Gasteiger partial charge in [-0.15, -0.1) is 10.2 Å². The fraction of sp³-hybridized carbons (Fsp3) is 0.529. The van der Waals surface area contributed by atoms with E-state index in [1.165, 1.54) is 12.0 Å². The van der Waals surface area contributed by atoms with Crippen LogP contribution in [0.4, 0.5) is 0 Å². The standard InChI is InChI=1S/C17H23N3O/c1-17(2,3)16-19-18-15(21-16)12-20-10-9-14(11-20)13-7-5-4-6-8-13/h4-8,14H,9-12H2,1-3H3/t14-/m0/s1. The Morgan fingerprint density at radius 3 is 2.62 bits per heavy atom. The molecular formula is C17H23N3O. The lowest BCUT2D eigenvalue weighted by molar-refractivity contribution is 0.274. The zero-order valence-corrected chi connectivity index (χ0v) is 13.0. The molecule has 0 bridgehead atoms. The molecule has 1 saturated heterocycles. The number of hydrogen-bond acceptors (Lipinski definition) is 4. The second-order valence-corrected chi connectivity index (χ2v) is 6.88. The minimum atomic E-state index is -0.0805. The maximum atomic E-state index is 5.79. The van der Waals surface area contributed by atoms with Crippen LogP contribution in [-0.2, 0) is 12.0 Å². The van der Waals surface area contributed by atoms with Crippen LogP contribution >= 0.6 is 0 Å². The van der Waals surface area contributed by atoms with Gasteiger partial charge >= 0.3 is 0 Å². The van der Waals surface area contributed by atoms with Crippen molar-refractivity contribution in [2.75, 3.05) is 13.1 Å². The normalized spacial score (nSPS) is 20.0. The van der Waals surface area contributed by atoms with Gasteiger partial charge in [0.15, 0.2) is 0 Å². The van der Waals surface area contributed by atoms with Crippen molar-refractivity contribution in [3.05, 3.63) is 47.7 Å². The first kappa shape index (κ1) is 14.3. The molecule has 1 aliphatic rings. The van der Waals surface area contributed by atoms with Gasteiger partial charge in [-0.2, -0.15) is 0 Å². The van der Waals surface area contributed by atoms with E-state index in [9.17, 15) is 0 Å². The van der Waals surface area contributed by atoms with Gasteiger partial charge in [0.05, 0.1) is 6.54 Å². The molecule has 0 saturated carbocycles. The highest BCUT2D eigenvalue weighted by molar-refractivity contribution is 5.21. The molecule has 0 unspecified atom stereocenters. The van der Waals surface area contributed by atoms with Crippen molar-refractivity contribution in [3.63, 3.8) is 0 Å². The number of aromatic nitrogens is 2. The third-order valence-corrected chi connectivity index (χ3v) is 4.01. The van der Waals surface area contributed by atoms with E-state index >= 15 is 0 Å². The largest absolute Gasteiger partial charge is 0.423 e. The molecule has 0 N–H and O–H groups in total. The lowest BCUT2D eigenvalue weighted by Crippen LogP contribution is -2.20. The topological polar surface area (TPSA) is 42.2 Å². The highest BCUT2D eigenvalue weighted by Gasteiger charge is 2.26. The minimum Gasteiger partial charge on any atom is -0.423 e. The Morgan fingerprint density at radius 2 is 1.95 bits per heavy atom. The summed E-state index contributed by atoms with van der Waals surface area (Å²) in [5.41, 5.74) is 1.35. The van der Waals surface area contributed by atoms with Gasteiger partial charge in [-0.3, -0.25) is 4.90 Å². The van der Waals surface area contributed by atoms with Crippen molar-refractivity contribution in [1.29, 1.82) is 0 Å². The summed E-state index contributed by atoms with van der Waals surface area (Å²) in [6.45, 7) is 9.18. The summed E-state index contributed by atoms with van der Waals surface area (Å²) in [4.78, 5) is 2.40. The number of likely N-dealkylation sites (tertiary alicyclic amines) is 1. The molecule has 3 rings (SSSR count). The van der Waals surface area contributed by atoms with Crippen molar-refractivity contribution in [1.82, 2.24) is 15.1 Å². The van der Waals surface area contributed by atoms with Crippen LogP contribution in [0.3, 0.4) is 0 Å². The molecule has 2 aromatic rings. The van der Waals surface area contributed by atoms with E-state index in [1.54, 1.807) is 0 Å². The van der Waals surface area contributed by atoms with Gasteiger partial charge in [-0.25, -0.2) is 0 Å². The third-order valence-electron chi connectivity index (χ3n) is 4.01. The lowest BCUT2D eigenvalue weighted by Gasteiger charge is -2.14. The summed E-state index contributed by atoms with van der Waals surface area (Å²) in [6.07, 6.45) is 1.20. The predicted molar refractivity (Wildman–Crippen MR) is 82.1 cm³/mol. The number of nitrogens with zero attached hydrogens (tertiary/aromatic N) is 3. The first-order valence-electron chi connectivity index (χ1n) is 7.62. The van der Waals surface area contributed by atoms with Crippen molar-refractivity contribution < 1.29 is 4.42 Å². The molecule has 0 aliphatic carbocycles. The van der Waals surface area contributed by atoms with Crippen molar-refractivity contribution in [2.24, 2.45) is 0 Å². The van der Waals surface area contributed by atoms with Crippen LogP contribution in [-0.4, -0.2) is 28.2 Å². The Kier molecular flexibility index (Phi) is 3.81. The minimum absolute atomic E-state index is 0.0805. The van der Waals surface area contributed by atoms with Crippen LogP contribution in [0.5, 0.6) is 0 Å². The Balaban J connectivity index is 1.61. The molecule has 1 aromatic heterocycles. The van der Waals surface area contributed by atoms with Gasteiger partial charge in [0.2, 0.25) is 11.8 Å². The smallest absolute Gasteiger partial charge is 0.230 e. The predicted octanol–water partition coefficient (Wildman–Crippen LogP) is 3.36. The van der Waals surface area contributed by atoms with Gasteiger partial charge in [0, 0.05) is 12.0 Å². The van der Waals surface area contributed by atoms with E-state index in [1.807, 2.05) is 0 Å². The average molecular weight is 285 g/mol. The molecule has 1 atom stereocenters. The maximum absolute atomic E-state index is 5.79. The second-order valence-electron chi connectivity index (χ2n) is 6.88. The fourth-order valence-electron chi connectivity index (χ4n) is 2.79. The first-order valence-corrected chi connectivity index (χ1v) is 7.62. The molecule has 4 heteroatoms. The summed E-state index contributed by atoms with van der Waals surface area (Å²) < 4.78 is 5.79. The highest BCUT2D eigenvalue weighted by Crippen LogP contribution is 2.28. The first-order chi connectivity index (χ1) is 10.0. The third kappa shape index (κ3) is 3.32. The molecular weight excluding hydrogens is 262 g/mol. The van der Waals surface area contributed by atoms with E-state index in [4.69, 9.17) is 4.42 Å². The maximum Gasteiger partial charge on any atom is 0.230 e. The Morgan fingerprint density at radius 1 is 1.19 bits per heavy atom. The SMILES string of the molecule is CC(C)(C)c1nnc(CN2CC[C@H](c3ccccc3)C2)o1. The monoisotopic (exact) mass is 285 g/mol. The van der Waals surface area contributed by atoms with Crippen molar-refractivity contribution in [3.8, 4) is 0 Å². The number of rotatable bonds is 3. The summed E-state index contributed by atoms with van der Waals surface area (Å²) in [5, 5.41) is 8.35. The molecule has 0 amide bonds. The van der Waals surface area contributed by atoms with Crippen molar-refractivity contribution in [2.45, 2.75) is 45.1 Å². The van der Waals surface area contributed by atoms with Crippen molar-refractivity contribution >= 4 is 0 Å². The van der Waals surface area contributed by atoms with E-state index < -0.39 is 0 Å². The highest BCUT2D eigenvalue weighted by atomic mass is 16.4. The van der Waals surface area contributed by atoms with Gasteiger partial charge in [0.1, 0.15) is 0 Å². The molecule has 4 nitrogen and oxygen atoms in total. The zero-order chi connectivity index (χ0) is 14.9. The summed E-state index contributed by atoms with van der Waals surface area (Å²) >= 11 is 0. The molecule has 21 heavy (non-hydrogen) atoms. The Hall–Kier alpha value is -1.68. The Labute approximate surface area is 126 Å². The van der Waals surface area contributed by atoms with Gasteiger partial charge in [-0.1, -0.05) is 51.1 Å². The van der Waals surface area contributed by atoms with Crippen LogP contribution in [0.2, 0.25) is 0 Å².